The first-order valence-electron chi connectivity index (χ1n) is 6.87. The molecule has 6 heteroatoms. The highest BCUT2D eigenvalue weighted by Crippen LogP contribution is 2.21. The fraction of sp³-hybridized carbons (Fsp3) is 0.333. The molecule has 0 bridgehead atoms. The Kier molecular flexibility index (Phi) is 4.57. The van der Waals surface area contributed by atoms with Crippen LogP contribution in [-0.4, -0.2) is 22.2 Å². The topological polar surface area (TPSA) is 59.0 Å². The van der Waals surface area contributed by atoms with Gasteiger partial charge >= 0.3 is 0 Å². The van der Waals surface area contributed by atoms with Crippen LogP contribution in [0.2, 0.25) is 0 Å². The Morgan fingerprint density at radius 2 is 2.19 bits per heavy atom. The molecule has 1 heterocycles. The first kappa shape index (κ1) is 15.0. The summed E-state index contributed by atoms with van der Waals surface area (Å²) in [7, 11) is 1.74. The van der Waals surface area contributed by atoms with E-state index in [0.717, 1.165) is 12.1 Å². The van der Waals surface area contributed by atoms with Gasteiger partial charge in [-0.2, -0.15) is 5.10 Å². The number of carbonyl (C=O) groups is 1. The predicted octanol–water partition coefficient (Wildman–Crippen LogP) is 2.94. The number of aryl methyl sites for hydroxylation is 2. The van der Waals surface area contributed by atoms with Crippen LogP contribution in [0.15, 0.2) is 24.3 Å². The highest BCUT2D eigenvalue weighted by molar-refractivity contribution is 6.07. The molecule has 5 nitrogen and oxygen atoms in total. The zero-order valence-corrected chi connectivity index (χ0v) is 12.4. The monoisotopic (exact) mass is 290 g/mol. The van der Waals surface area contributed by atoms with Gasteiger partial charge in [-0.1, -0.05) is 13.0 Å². The number of rotatable bonds is 5. The van der Waals surface area contributed by atoms with E-state index in [0.29, 0.717) is 12.4 Å². The second-order valence-corrected chi connectivity index (χ2v) is 4.84. The van der Waals surface area contributed by atoms with Crippen LogP contribution in [0.5, 0.6) is 0 Å². The number of benzene rings is 1. The van der Waals surface area contributed by atoms with E-state index >= 15 is 0 Å². The molecule has 21 heavy (non-hydrogen) atoms. The van der Waals surface area contributed by atoms with Crippen molar-refractivity contribution in [1.29, 1.82) is 0 Å². The summed E-state index contributed by atoms with van der Waals surface area (Å²) in [5.74, 6) is -0.225. The SMILES string of the molecule is CCCNc1c(F)cccc1C(=O)Nc1cc(C)nn1C. The van der Waals surface area contributed by atoms with Crippen molar-refractivity contribution in [3.8, 4) is 0 Å². The molecule has 2 rings (SSSR count). The molecule has 2 N–H and O–H groups in total. The number of para-hydroxylation sites is 1. The van der Waals surface area contributed by atoms with E-state index in [9.17, 15) is 9.18 Å². The molecule has 0 spiro atoms. The number of anilines is 2. The van der Waals surface area contributed by atoms with Gasteiger partial charge in [0.2, 0.25) is 0 Å². The van der Waals surface area contributed by atoms with Crippen molar-refractivity contribution in [2.24, 2.45) is 7.05 Å². The van der Waals surface area contributed by atoms with Crippen molar-refractivity contribution in [2.45, 2.75) is 20.3 Å². The van der Waals surface area contributed by atoms with E-state index in [1.54, 1.807) is 23.9 Å². The van der Waals surface area contributed by atoms with Gasteiger partial charge < -0.3 is 10.6 Å². The molecule has 112 valence electrons. The van der Waals surface area contributed by atoms with Crippen molar-refractivity contribution in [3.05, 3.63) is 41.3 Å². The smallest absolute Gasteiger partial charge is 0.259 e. The molecule has 0 radical (unpaired) electrons. The van der Waals surface area contributed by atoms with Crippen molar-refractivity contribution in [1.82, 2.24) is 9.78 Å². The lowest BCUT2D eigenvalue weighted by Gasteiger charge is -2.12. The highest BCUT2D eigenvalue weighted by Gasteiger charge is 2.16. The van der Waals surface area contributed by atoms with Crippen LogP contribution in [0.25, 0.3) is 0 Å². The molecular weight excluding hydrogens is 271 g/mol. The standard InChI is InChI=1S/C15H19FN4O/c1-4-8-17-14-11(6-5-7-12(14)16)15(21)18-13-9-10(2)19-20(13)3/h5-7,9,17H,4,8H2,1-3H3,(H,18,21). The van der Waals surface area contributed by atoms with Gasteiger partial charge in [-0.3, -0.25) is 9.48 Å². The third kappa shape index (κ3) is 3.39. The number of halogens is 1. The maximum Gasteiger partial charge on any atom is 0.259 e. The third-order valence-corrected chi connectivity index (χ3v) is 3.05. The quantitative estimate of drug-likeness (QED) is 0.890. The van der Waals surface area contributed by atoms with Crippen LogP contribution in [0, 0.1) is 12.7 Å². The van der Waals surface area contributed by atoms with Gasteiger partial charge in [0.1, 0.15) is 11.6 Å². The van der Waals surface area contributed by atoms with Gasteiger partial charge in [-0.05, 0) is 25.5 Å². The summed E-state index contributed by atoms with van der Waals surface area (Å²) in [6, 6.07) is 6.22. The van der Waals surface area contributed by atoms with Gasteiger partial charge in [0.05, 0.1) is 16.9 Å². The molecule has 0 fully saturated rings. The van der Waals surface area contributed by atoms with Crippen molar-refractivity contribution >= 4 is 17.4 Å². The summed E-state index contributed by atoms with van der Waals surface area (Å²) in [6.45, 7) is 4.42. The van der Waals surface area contributed by atoms with E-state index in [-0.39, 0.29) is 17.2 Å². The molecule has 2 aromatic rings. The molecule has 1 aromatic heterocycles. The fourth-order valence-electron chi connectivity index (χ4n) is 2.05. The number of hydrogen-bond donors (Lipinski definition) is 2. The minimum Gasteiger partial charge on any atom is -0.382 e. The van der Waals surface area contributed by atoms with Crippen LogP contribution in [0.4, 0.5) is 15.9 Å². The Hall–Kier alpha value is -2.37. The van der Waals surface area contributed by atoms with Gasteiger partial charge in [0, 0.05) is 19.7 Å². The minimum absolute atomic E-state index is 0.232. The van der Waals surface area contributed by atoms with E-state index < -0.39 is 5.82 Å². The predicted molar refractivity (Wildman–Crippen MR) is 81.1 cm³/mol. The Bertz CT molecular complexity index is 651. The Balaban J connectivity index is 2.26. The summed E-state index contributed by atoms with van der Waals surface area (Å²) < 4.78 is 15.5. The van der Waals surface area contributed by atoms with Crippen LogP contribution in [-0.2, 0) is 7.05 Å². The molecule has 0 unspecified atom stereocenters. The second kappa shape index (κ2) is 6.39. The zero-order valence-electron chi connectivity index (χ0n) is 12.4. The van der Waals surface area contributed by atoms with Crippen LogP contribution in [0.1, 0.15) is 29.4 Å². The largest absolute Gasteiger partial charge is 0.382 e. The fourth-order valence-corrected chi connectivity index (χ4v) is 2.05. The number of amides is 1. The number of aromatic nitrogens is 2. The average Bonchev–Trinajstić information content (AvgIpc) is 2.75. The molecule has 0 aliphatic heterocycles. The molecule has 0 atom stereocenters. The van der Waals surface area contributed by atoms with Crippen LogP contribution >= 0.6 is 0 Å². The van der Waals surface area contributed by atoms with E-state index in [1.807, 2.05) is 13.8 Å². The molecule has 0 saturated carbocycles. The molecule has 0 saturated heterocycles. The third-order valence-electron chi connectivity index (χ3n) is 3.05. The van der Waals surface area contributed by atoms with Crippen LogP contribution in [0.3, 0.4) is 0 Å². The first-order valence-corrected chi connectivity index (χ1v) is 6.87. The van der Waals surface area contributed by atoms with E-state index in [4.69, 9.17) is 0 Å². The zero-order chi connectivity index (χ0) is 15.4. The summed E-state index contributed by atoms with van der Waals surface area (Å²) in [5.41, 5.74) is 1.31. The summed E-state index contributed by atoms with van der Waals surface area (Å²) in [6.07, 6.45) is 0.844. The Morgan fingerprint density at radius 3 is 2.81 bits per heavy atom. The normalized spacial score (nSPS) is 10.5. The molecular formula is C15H19FN4O. The lowest BCUT2D eigenvalue weighted by Crippen LogP contribution is -2.17. The summed E-state index contributed by atoms with van der Waals surface area (Å²) in [4.78, 5) is 12.4. The number of carbonyl (C=O) groups excluding carboxylic acids is 1. The van der Waals surface area contributed by atoms with Crippen molar-refractivity contribution < 1.29 is 9.18 Å². The Labute approximate surface area is 123 Å². The molecule has 0 aliphatic rings. The molecule has 1 amide bonds. The summed E-state index contributed by atoms with van der Waals surface area (Å²) >= 11 is 0. The van der Waals surface area contributed by atoms with Crippen molar-refractivity contribution in [3.63, 3.8) is 0 Å². The Morgan fingerprint density at radius 1 is 1.43 bits per heavy atom. The van der Waals surface area contributed by atoms with Crippen LogP contribution < -0.4 is 10.6 Å². The highest BCUT2D eigenvalue weighted by atomic mass is 19.1. The van der Waals surface area contributed by atoms with Gasteiger partial charge in [-0.15, -0.1) is 0 Å². The first-order chi connectivity index (χ1) is 10.0. The van der Waals surface area contributed by atoms with E-state index in [2.05, 4.69) is 15.7 Å². The minimum atomic E-state index is -0.433. The maximum absolute atomic E-state index is 13.9. The number of hydrogen-bond acceptors (Lipinski definition) is 3. The maximum atomic E-state index is 13.9. The van der Waals surface area contributed by atoms with Gasteiger partial charge in [0.25, 0.3) is 5.91 Å². The molecule has 1 aromatic carbocycles. The van der Waals surface area contributed by atoms with Gasteiger partial charge in [0.15, 0.2) is 0 Å². The van der Waals surface area contributed by atoms with Gasteiger partial charge in [-0.25, -0.2) is 4.39 Å². The lowest BCUT2D eigenvalue weighted by atomic mass is 10.1. The number of nitrogens with zero attached hydrogens (tertiary/aromatic N) is 2. The second-order valence-electron chi connectivity index (χ2n) is 4.84. The average molecular weight is 290 g/mol. The van der Waals surface area contributed by atoms with E-state index in [1.165, 1.54) is 12.1 Å². The number of nitrogens with one attached hydrogen (secondary N) is 2. The lowest BCUT2D eigenvalue weighted by molar-refractivity contribution is 0.102. The molecule has 0 aliphatic carbocycles. The summed E-state index contributed by atoms with van der Waals surface area (Å²) in [5, 5.41) is 9.87. The van der Waals surface area contributed by atoms with Crippen molar-refractivity contribution in [2.75, 3.05) is 17.2 Å².